The maximum Gasteiger partial charge on any atom is 0.573 e. The summed E-state index contributed by atoms with van der Waals surface area (Å²) in [6, 6.07) is 9.91. The van der Waals surface area contributed by atoms with Crippen molar-refractivity contribution < 1.29 is 22.7 Å². The largest absolute Gasteiger partial charge is 0.573 e. The van der Waals surface area contributed by atoms with E-state index in [1.165, 1.54) is 35.4 Å². The number of hydrogen-bond acceptors (Lipinski definition) is 4. The number of fused-ring (bicyclic) bond motifs is 3. The summed E-state index contributed by atoms with van der Waals surface area (Å²) in [5, 5.41) is 12.5. The first-order valence-electron chi connectivity index (χ1n) is 8.42. The topological polar surface area (TPSA) is 65.4 Å². The number of nitrogens with one attached hydrogen (secondary N) is 2. The second-order valence-corrected chi connectivity index (χ2v) is 8.04. The van der Waals surface area contributed by atoms with Crippen LogP contribution in [0.5, 0.6) is 5.75 Å². The molecule has 5 nitrogen and oxygen atoms in total. The average molecular weight is 407 g/mol. The van der Waals surface area contributed by atoms with Gasteiger partial charge in [0, 0.05) is 27.2 Å². The van der Waals surface area contributed by atoms with Gasteiger partial charge in [0.25, 0.3) is 0 Å². The van der Waals surface area contributed by atoms with E-state index < -0.39 is 11.9 Å². The van der Waals surface area contributed by atoms with Crippen LogP contribution in [-0.4, -0.2) is 30.2 Å². The van der Waals surface area contributed by atoms with Crippen molar-refractivity contribution in [2.45, 2.75) is 25.2 Å². The van der Waals surface area contributed by atoms with Crippen LogP contribution in [0.15, 0.2) is 36.4 Å². The van der Waals surface area contributed by atoms with Crippen LogP contribution in [0, 0.1) is 5.41 Å². The van der Waals surface area contributed by atoms with Crippen molar-refractivity contribution in [3.8, 4) is 5.75 Å². The van der Waals surface area contributed by atoms with Gasteiger partial charge in [-0.25, -0.2) is 0 Å². The Morgan fingerprint density at radius 3 is 2.46 bits per heavy atom. The zero-order valence-corrected chi connectivity index (χ0v) is 15.8. The molecule has 28 heavy (non-hydrogen) atoms. The molecule has 1 atom stereocenters. The molecule has 0 aliphatic carbocycles. The number of carbonyl (C=O) groups is 1. The molecule has 1 aromatic heterocycles. The highest BCUT2D eigenvalue weighted by atomic mass is 32.1. The minimum absolute atomic E-state index is 0.00915. The Kier molecular flexibility index (Phi) is 4.04. The second-order valence-electron chi connectivity index (χ2n) is 6.95. The number of alkyl halides is 3. The van der Waals surface area contributed by atoms with E-state index in [1.54, 1.807) is 6.07 Å². The van der Waals surface area contributed by atoms with E-state index in [1.807, 2.05) is 25.1 Å². The van der Waals surface area contributed by atoms with Crippen LogP contribution in [0.25, 0.3) is 20.2 Å². The van der Waals surface area contributed by atoms with Gasteiger partial charge in [0.15, 0.2) is 5.96 Å². The van der Waals surface area contributed by atoms with Gasteiger partial charge in [-0.15, -0.1) is 24.5 Å². The van der Waals surface area contributed by atoms with Gasteiger partial charge in [0.2, 0.25) is 5.91 Å². The van der Waals surface area contributed by atoms with Crippen LogP contribution in [0.3, 0.4) is 0 Å². The van der Waals surface area contributed by atoms with Gasteiger partial charge in [-0.1, -0.05) is 6.07 Å². The lowest BCUT2D eigenvalue weighted by Crippen LogP contribution is -2.58. The lowest BCUT2D eigenvalue weighted by Gasteiger charge is -2.39. The molecule has 0 saturated carbocycles. The fourth-order valence-corrected chi connectivity index (χ4v) is 4.47. The van der Waals surface area contributed by atoms with Gasteiger partial charge in [-0.05, 0) is 42.8 Å². The first-order valence-corrected chi connectivity index (χ1v) is 9.23. The van der Waals surface area contributed by atoms with Crippen LogP contribution >= 0.6 is 11.3 Å². The van der Waals surface area contributed by atoms with E-state index >= 15 is 0 Å². The van der Waals surface area contributed by atoms with Gasteiger partial charge in [0.1, 0.15) is 5.75 Å². The van der Waals surface area contributed by atoms with Crippen LogP contribution < -0.4 is 10.1 Å². The maximum absolute atomic E-state index is 12.6. The summed E-state index contributed by atoms with van der Waals surface area (Å²) in [4.78, 5) is 13.5. The first kappa shape index (κ1) is 18.5. The summed E-state index contributed by atoms with van der Waals surface area (Å²) in [6.45, 7) is 1.83. The smallest absolute Gasteiger partial charge is 0.406 e. The Hall–Kier alpha value is -2.81. The SMILES string of the molecule is CN1C(=N)N[C@](C)(c2ccc3sc4ccc(OC(F)(F)F)cc4c3c2)CC1=O. The number of guanidine groups is 1. The van der Waals surface area contributed by atoms with Crippen molar-refractivity contribution in [3.05, 3.63) is 42.0 Å². The lowest BCUT2D eigenvalue weighted by atomic mass is 9.86. The van der Waals surface area contributed by atoms with Gasteiger partial charge in [0.05, 0.1) is 12.0 Å². The molecule has 2 N–H and O–H groups in total. The average Bonchev–Trinajstić information content (AvgIpc) is 2.95. The Balaban J connectivity index is 1.81. The minimum Gasteiger partial charge on any atom is -0.406 e. The molecule has 0 radical (unpaired) electrons. The van der Waals surface area contributed by atoms with Crippen LogP contribution in [0.1, 0.15) is 18.9 Å². The molecule has 3 aromatic rings. The molecule has 1 saturated heterocycles. The third-order valence-electron chi connectivity index (χ3n) is 4.92. The van der Waals surface area contributed by atoms with Crippen molar-refractivity contribution in [3.63, 3.8) is 0 Å². The first-order chi connectivity index (χ1) is 13.1. The van der Waals surface area contributed by atoms with Crippen molar-refractivity contribution in [2.24, 2.45) is 0 Å². The molecule has 0 spiro atoms. The fraction of sp³-hybridized carbons (Fsp3) is 0.263. The summed E-state index contributed by atoms with van der Waals surface area (Å²) >= 11 is 1.47. The third kappa shape index (κ3) is 3.15. The quantitative estimate of drug-likeness (QED) is 0.655. The summed E-state index contributed by atoms with van der Waals surface area (Å²) in [6.07, 6.45) is -4.58. The highest BCUT2D eigenvalue weighted by molar-refractivity contribution is 7.25. The van der Waals surface area contributed by atoms with E-state index in [-0.39, 0.29) is 24.0 Å². The Bertz CT molecular complexity index is 1100. The third-order valence-corrected chi connectivity index (χ3v) is 6.07. The fourth-order valence-electron chi connectivity index (χ4n) is 3.41. The van der Waals surface area contributed by atoms with Crippen molar-refractivity contribution in [1.29, 1.82) is 5.41 Å². The molecule has 2 aromatic carbocycles. The summed E-state index contributed by atoms with van der Waals surface area (Å²) in [5.41, 5.74) is 0.0106. The summed E-state index contributed by atoms with van der Waals surface area (Å²) in [5.74, 6) is -0.442. The van der Waals surface area contributed by atoms with E-state index in [2.05, 4.69) is 10.1 Å². The van der Waals surface area contributed by atoms with Gasteiger partial charge in [-0.2, -0.15) is 0 Å². The van der Waals surface area contributed by atoms with Crippen LogP contribution in [-0.2, 0) is 10.3 Å². The Morgan fingerprint density at radius 1 is 1.18 bits per heavy atom. The van der Waals surface area contributed by atoms with Crippen LogP contribution in [0.2, 0.25) is 0 Å². The normalized spacial score (nSPS) is 20.7. The molecule has 146 valence electrons. The molecule has 2 heterocycles. The molecule has 0 unspecified atom stereocenters. The number of thiophene rings is 1. The summed E-state index contributed by atoms with van der Waals surface area (Å²) in [7, 11) is 1.54. The van der Waals surface area contributed by atoms with Crippen molar-refractivity contribution in [2.75, 3.05) is 7.05 Å². The van der Waals surface area contributed by atoms with E-state index in [9.17, 15) is 18.0 Å². The number of carbonyl (C=O) groups excluding carboxylic acids is 1. The second kappa shape index (κ2) is 6.10. The molecule has 1 amide bonds. The molecule has 1 fully saturated rings. The lowest BCUT2D eigenvalue weighted by molar-refractivity contribution is -0.274. The highest BCUT2D eigenvalue weighted by Crippen LogP contribution is 2.39. The molecule has 0 bridgehead atoms. The predicted molar refractivity (Wildman–Crippen MR) is 102 cm³/mol. The molecule has 1 aliphatic heterocycles. The van der Waals surface area contributed by atoms with Crippen molar-refractivity contribution >= 4 is 43.4 Å². The molecule has 4 rings (SSSR count). The van der Waals surface area contributed by atoms with Gasteiger partial charge >= 0.3 is 6.36 Å². The van der Waals surface area contributed by atoms with Gasteiger partial charge in [-0.3, -0.25) is 15.1 Å². The van der Waals surface area contributed by atoms with Crippen molar-refractivity contribution in [1.82, 2.24) is 10.2 Å². The van der Waals surface area contributed by atoms with Crippen LogP contribution in [0.4, 0.5) is 13.2 Å². The van der Waals surface area contributed by atoms with E-state index in [0.29, 0.717) is 5.39 Å². The van der Waals surface area contributed by atoms with Gasteiger partial charge < -0.3 is 10.1 Å². The predicted octanol–water partition coefficient (Wildman–Crippen LogP) is 4.55. The Morgan fingerprint density at radius 2 is 1.82 bits per heavy atom. The molecule has 9 heteroatoms. The maximum atomic E-state index is 12.6. The van der Waals surface area contributed by atoms with E-state index in [0.717, 1.165) is 20.3 Å². The number of ether oxygens (including phenoxy) is 1. The standard InChI is InChI=1S/C19H16F3N3O2S/c1-18(9-16(26)25(2)17(23)24-18)10-3-5-14-12(7-10)13-8-11(27-19(20,21)22)4-6-15(13)28-14/h3-8H,9H2,1-2H3,(H2,23,24)/t18-/m0/s1. The number of rotatable bonds is 2. The monoisotopic (exact) mass is 407 g/mol. The van der Waals surface area contributed by atoms with E-state index in [4.69, 9.17) is 5.41 Å². The number of halogens is 3. The minimum atomic E-state index is -4.75. The number of hydrogen-bond donors (Lipinski definition) is 2. The molecular weight excluding hydrogens is 391 g/mol. The molecular formula is C19H16F3N3O2S. The Labute approximate surface area is 162 Å². The highest BCUT2D eigenvalue weighted by Gasteiger charge is 2.38. The number of nitrogens with zero attached hydrogens (tertiary/aromatic N) is 1. The zero-order valence-electron chi connectivity index (χ0n) is 15.0. The number of benzene rings is 2. The zero-order chi connectivity index (χ0) is 20.3. The number of amides is 1. The molecule has 1 aliphatic rings. The summed E-state index contributed by atoms with van der Waals surface area (Å²) < 4.78 is 43.5.